The second-order valence-electron chi connectivity index (χ2n) is 3.25. The molecule has 2 aliphatic heterocycles. The first-order chi connectivity index (χ1) is 5.79. The van der Waals surface area contributed by atoms with Crippen LogP contribution in [0.15, 0.2) is 0 Å². The van der Waals surface area contributed by atoms with Crippen LogP contribution in [0, 0.1) is 0 Å². The minimum Gasteiger partial charge on any atom is -0.376 e. The third kappa shape index (κ3) is 1.15. The Bertz CT molecular complexity index is 172. The van der Waals surface area contributed by atoms with E-state index in [4.69, 9.17) is 18.9 Å². The van der Waals surface area contributed by atoms with Crippen LogP contribution in [-0.4, -0.2) is 45.4 Å². The zero-order chi connectivity index (χ0) is 8.60. The SMILES string of the molecule is CO[C@H]1CO[C@]2(OC)COC1C2. The number of rotatable bonds is 2. The largest absolute Gasteiger partial charge is 0.376 e. The van der Waals surface area contributed by atoms with Gasteiger partial charge in [-0.1, -0.05) is 0 Å². The third-order valence-electron chi connectivity index (χ3n) is 2.63. The summed E-state index contributed by atoms with van der Waals surface area (Å²) in [4.78, 5) is 0. The summed E-state index contributed by atoms with van der Waals surface area (Å²) in [6.07, 6.45) is 0.988. The molecule has 3 atom stereocenters. The normalized spacial score (nSPS) is 46.5. The first-order valence-corrected chi connectivity index (χ1v) is 4.13. The number of hydrogen-bond acceptors (Lipinski definition) is 4. The lowest BCUT2D eigenvalue weighted by Gasteiger charge is -2.33. The fourth-order valence-electron chi connectivity index (χ4n) is 1.76. The molecule has 12 heavy (non-hydrogen) atoms. The van der Waals surface area contributed by atoms with E-state index in [1.807, 2.05) is 0 Å². The van der Waals surface area contributed by atoms with Gasteiger partial charge in [-0.25, -0.2) is 0 Å². The summed E-state index contributed by atoms with van der Waals surface area (Å²) >= 11 is 0. The molecule has 0 amide bonds. The van der Waals surface area contributed by atoms with Crippen LogP contribution in [0.3, 0.4) is 0 Å². The highest BCUT2D eigenvalue weighted by Gasteiger charge is 2.49. The topological polar surface area (TPSA) is 36.9 Å². The molecule has 2 rings (SSSR count). The molecule has 1 unspecified atom stereocenters. The minimum absolute atomic E-state index is 0.0655. The Kier molecular flexibility index (Phi) is 2.08. The lowest BCUT2D eigenvalue weighted by atomic mass is 10.0. The molecule has 2 bridgehead atoms. The van der Waals surface area contributed by atoms with Crippen molar-refractivity contribution in [2.45, 2.75) is 24.4 Å². The van der Waals surface area contributed by atoms with Crippen LogP contribution in [0.5, 0.6) is 0 Å². The van der Waals surface area contributed by atoms with Gasteiger partial charge in [0, 0.05) is 20.6 Å². The number of hydrogen-bond donors (Lipinski definition) is 0. The predicted molar refractivity (Wildman–Crippen MR) is 40.8 cm³/mol. The van der Waals surface area contributed by atoms with E-state index in [0.29, 0.717) is 13.2 Å². The Labute approximate surface area is 71.7 Å². The molecular formula is C8H14O4. The van der Waals surface area contributed by atoms with E-state index in [0.717, 1.165) is 6.42 Å². The van der Waals surface area contributed by atoms with E-state index in [9.17, 15) is 0 Å². The van der Waals surface area contributed by atoms with Crippen molar-refractivity contribution >= 4 is 0 Å². The molecule has 2 saturated heterocycles. The van der Waals surface area contributed by atoms with Crippen molar-refractivity contribution in [1.29, 1.82) is 0 Å². The van der Waals surface area contributed by atoms with Crippen molar-refractivity contribution in [3.05, 3.63) is 0 Å². The van der Waals surface area contributed by atoms with Crippen molar-refractivity contribution < 1.29 is 18.9 Å². The Morgan fingerprint density at radius 3 is 2.92 bits per heavy atom. The van der Waals surface area contributed by atoms with Gasteiger partial charge >= 0.3 is 0 Å². The smallest absolute Gasteiger partial charge is 0.194 e. The maximum absolute atomic E-state index is 5.54. The van der Waals surface area contributed by atoms with Gasteiger partial charge in [-0.2, -0.15) is 0 Å². The van der Waals surface area contributed by atoms with Crippen LogP contribution in [0.25, 0.3) is 0 Å². The quantitative estimate of drug-likeness (QED) is 0.597. The van der Waals surface area contributed by atoms with E-state index in [1.165, 1.54) is 0 Å². The summed E-state index contributed by atoms with van der Waals surface area (Å²) < 4.78 is 21.5. The van der Waals surface area contributed by atoms with Gasteiger partial charge in [-0.05, 0) is 0 Å². The second-order valence-corrected chi connectivity index (χ2v) is 3.25. The van der Waals surface area contributed by atoms with Crippen molar-refractivity contribution in [3.8, 4) is 0 Å². The summed E-state index contributed by atoms with van der Waals surface area (Å²) in [5.41, 5.74) is 0. The van der Waals surface area contributed by atoms with E-state index < -0.39 is 5.79 Å². The molecule has 0 aromatic heterocycles. The van der Waals surface area contributed by atoms with Gasteiger partial charge in [-0.3, -0.25) is 0 Å². The zero-order valence-electron chi connectivity index (χ0n) is 7.41. The van der Waals surface area contributed by atoms with Gasteiger partial charge in [-0.15, -0.1) is 0 Å². The zero-order valence-corrected chi connectivity index (χ0v) is 7.41. The monoisotopic (exact) mass is 174 g/mol. The molecule has 0 saturated carbocycles. The van der Waals surface area contributed by atoms with Gasteiger partial charge < -0.3 is 18.9 Å². The number of fused-ring (bicyclic) bond motifs is 2. The van der Waals surface area contributed by atoms with Crippen LogP contribution < -0.4 is 0 Å². The summed E-state index contributed by atoms with van der Waals surface area (Å²) in [6, 6.07) is 0. The summed E-state index contributed by atoms with van der Waals surface area (Å²) in [5, 5.41) is 0. The van der Waals surface area contributed by atoms with Crippen LogP contribution in [0.2, 0.25) is 0 Å². The Balaban J connectivity index is 2.05. The van der Waals surface area contributed by atoms with Crippen molar-refractivity contribution in [3.63, 3.8) is 0 Å². The molecular weight excluding hydrogens is 160 g/mol. The Morgan fingerprint density at radius 1 is 1.42 bits per heavy atom. The maximum Gasteiger partial charge on any atom is 0.194 e. The molecule has 4 heteroatoms. The average Bonchev–Trinajstić information content (AvgIpc) is 2.46. The molecule has 2 aliphatic rings. The standard InChI is InChI=1S/C8H14O4/c1-9-7-4-12-8(10-2)3-6(7)11-5-8/h6-7H,3-5H2,1-2H3/t6?,7-,8-/m0/s1. The van der Waals surface area contributed by atoms with Crippen molar-refractivity contribution in [2.75, 3.05) is 27.4 Å². The average molecular weight is 174 g/mol. The Morgan fingerprint density at radius 2 is 2.25 bits per heavy atom. The molecule has 0 radical (unpaired) electrons. The van der Waals surface area contributed by atoms with Gasteiger partial charge in [0.2, 0.25) is 0 Å². The molecule has 0 spiro atoms. The molecule has 0 aliphatic carbocycles. The van der Waals surface area contributed by atoms with Crippen LogP contribution >= 0.6 is 0 Å². The Hall–Kier alpha value is -0.160. The van der Waals surface area contributed by atoms with E-state index in [-0.39, 0.29) is 12.2 Å². The molecule has 2 heterocycles. The highest BCUT2D eigenvalue weighted by Crippen LogP contribution is 2.35. The second kappa shape index (κ2) is 2.96. The highest BCUT2D eigenvalue weighted by molar-refractivity contribution is 4.91. The fraction of sp³-hybridized carbons (Fsp3) is 1.00. The predicted octanol–water partition coefficient (Wildman–Crippen LogP) is 0.163. The first-order valence-electron chi connectivity index (χ1n) is 4.13. The van der Waals surface area contributed by atoms with Crippen molar-refractivity contribution in [1.82, 2.24) is 0 Å². The maximum atomic E-state index is 5.54. The molecule has 0 N–H and O–H groups in total. The lowest BCUT2D eigenvalue weighted by molar-refractivity contribution is -0.239. The highest BCUT2D eigenvalue weighted by atomic mass is 16.7. The van der Waals surface area contributed by atoms with Gasteiger partial charge in [0.15, 0.2) is 5.79 Å². The first kappa shape index (κ1) is 8.44. The fourth-order valence-corrected chi connectivity index (χ4v) is 1.76. The van der Waals surface area contributed by atoms with E-state index in [1.54, 1.807) is 14.2 Å². The number of ether oxygens (including phenoxy) is 4. The van der Waals surface area contributed by atoms with Gasteiger partial charge in [0.1, 0.15) is 12.7 Å². The van der Waals surface area contributed by atoms with Crippen LogP contribution in [0.1, 0.15) is 6.42 Å². The summed E-state index contributed by atoms with van der Waals surface area (Å²) in [5.74, 6) is -0.486. The summed E-state index contributed by atoms with van der Waals surface area (Å²) in [7, 11) is 3.33. The lowest BCUT2D eigenvalue weighted by Crippen LogP contribution is -2.45. The molecule has 0 aromatic carbocycles. The molecule has 0 aromatic rings. The van der Waals surface area contributed by atoms with Gasteiger partial charge in [0.05, 0.1) is 12.7 Å². The van der Waals surface area contributed by atoms with Crippen molar-refractivity contribution in [2.24, 2.45) is 0 Å². The number of methoxy groups -OCH3 is 2. The third-order valence-corrected chi connectivity index (χ3v) is 2.63. The molecule has 70 valence electrons. The van der Waals surface area contributed by atoms with E-state index in [2.05, 4.69) is 0 Å². The van der Waals surface area contributed by atoms with E-state index >= 15 is 0 Å². The van der Waals surface area contributed by atoms with Gasteiger partial charge in [0.25, 0.3) is 0 Å². The minimum atomic E-state index is -0.486. The summed E-state index contributed by atoms with van der Waals surface area (Å²) in [6.45, 7) is 1.09. The van der Waals surface area contributed by atoms with Crippen LogP contribution in [-0.2, 0) is 18.9 Å². The molecule has 2 fully saturated rings. The molecule has 4 nitrogen and oxygen atoms in total. The van der Waals surface area contributed by atoms with Crippen LogP contribution in [0.4, 0.5) is 0 Å².